The van der Waals surface area contributed by atoms with Crippen molar-refractivity contribution >= 4 is 29.9 Å². The van der Waals surface area contributed by atoms with Gasteiger partial charge in [0, 0.05) is 36.2 Å². The van der Waals surface area contributed by atoms with Gasteiger partial charge in [-0.3, -0.25) is 4.79 Å². The lowest BCUT2D eigenvalue weighted by molar-refractivity contribution is 0.0652. The number of pyridine rings is 1. The Bertz CT molecular complexity index is 1290. The van der Waals surface area contributed by atoms with Crippen LogP contribution in [0.1, 0.15) is 69.3 Å². The number of hydrogen-bond acceptors (Lipinski definition) is 5. The third-order valence-corrected chi connectivity index (χ3v) is 6.76. The summed E-state index contributed by atoms with van der Waals surface area (Å²) in [5, 5.41) is 5.03. The largest absolute Gasteiger partial charge is 0.435 e. The lowest BCUT2D eigenvalue weighted by Gasteiger charge is -2.33. The summed E-state index contributed by atoms with van der Waals surface area (Å²) in [6.07, 6.45) is 8.04. The molecule has 4 aromatic rings. The standard InChI is InChI=1S/C21H22N6O2P2/c28-20(16-9-22-19(29-16)11-3-4-11)26-7-5-13-17(24-10-23-13)18(26)14-8-15-12(21(30)31)2-1-6-27(15)25-14/h1-2,6,8-11,18,21H,3-5,7,30-31H2,(H,23,24)/t18-/m0/s1. The summed E-state index contributed by atoms with van der Waals surface area (Å²) >= 11 is 0. The van der Waals surface area contributed by atoms with Crippen LogP contribution in [0.4, 0.5) is 0 Å². The molecule has 1 fully saturated rings. The molecule has 0 bridgehead atoms. The quantitative estimate of drug-likeness (QED) is 0.479. The van der Waals surface area contributed by atoms with Crippen LogP contribution in [-0.2, 0) is 6.42 Å². The van der Waals surface area contributed by atoms with Crippen molar-refractivity contribution < 1.29 is 9.21 Å². The molecule has 3 atom stereocenters. The number of fused-ring (bicyclic) bond motifs is 2. The van der Waals surface area contributed by atoms with Crippen LogP contribution in [-0.4, -0.2) is 41.9 Å². The van der Waals surface area contributed by atoms with Crippen LogP contribution in [0.15, 0.2) is 41.3 Å². The molecule has 2 aliphatic rings. The van der Waals surface area contributed by atoms with Gasteiger partial charge in [0.2, 0.25) is 5.76 Å². The minimum absolute atomic E-state index is 0.176. The SMILES string of the molecule is O=C(c1cnc(C2CC2)o1)N1CCc2[nH]cnc2[C@@H]1c1cc2c(C(P)P)cccn2n1. The van der Waals surface area contributed by atoms with Crippen molar-refractivity contribution in [3.05, 3.63) is 71.2 Å². The number of aromatic amines is 1. The van der Waals surface area contributed by atoms with Crippen LogP contribution in [0.3, 0.4) is 0 Å². The Hall–Kier alpha value is -2.56. The fourth-order valence-corrected chi connectivity index (χ4v) is 4.88. The molecule has 5 heterocycles. The zero-order chi connectivity index (χ0) is 21.1. The number of oxazole rings is 1. The van der Waals surface area contributed by atoms with E-state index in [1.165, 1.54) is 0 Å². The topological polar surface area (TPSA) is 92.3 Å². The molecule has 4 aromatic heterocycles. The maximum Gasteiger partial charge on any atom is 0.292 e. The summed E-state index contributed by atoms with van der Waals surface area (Å²) < 4.78 is 7.69. The number of nitrogens with zero attached hydrogens (tertiary/aromatic N) is 5. The highest BCUT2D eigenvalue weighted by Crippen LogP contribution is 2.40. The van der Waals surface area contributed by atoms with E-state index in [0.717, 1.165) is 41.0 Å². The number of carbonyl (C=O) groups excluding carboxylic acids is 1. The Morgan fingerprint density at radius 1 is 1.29 bits per heavy atom. The lowest BCUT2D eigenvalue weighted by Crippen LogP contribution is -2.40. The van der Waals surface area contributed by atoms with Gasteiger partial charge >= 0.3 is 0 Å². The molecule has 0 radical (unpaired) electrons. The van der Waals surface area contributed by atoms with E-state index >= 15 is 0 Å². The van der Waals surface area contributed by atoms with Gasteiger partial charge in [-0.15, -0.1) is 18.5 Å². The van der Waals surface area contributed by atoms with Gasteiger partial charge in [0.1, 0.15) is 6.04 Å². The summed E-state index contributed by atoms with van der Waals surface area (Å²) in [6.45, 7) is 0.550. The number of hydrogen-bond donors (Lipinski definition) is 1. The molecule has 31 heavy (non-hydrogen) atoms. The molecule has 158 valence electrons. The molecule has 10 heteroatoms. The molecule has 0 spiro atoms. The normalized spacial score (nSPS) is 18.7. The van der Waals surface area contributed by atoms with Crippen LogP contribution in [0.5, 0.6) is 0 Å². The number of H-pyrrole nitrogens is 1. The minimum Gasteiger partial charge on any atom is -0.435 e. The molecule has 8 nitrogen and oxygen atoms in total. The number of nitrogens with one attached hydrogen (secondary N) is 1. The maximum absolute atomic E-state index is 13.5. The van der Waals surface area contributed by atoms with Gasteiger partial charge in [-0.2, -0.15) is 5.10 Å². The number of imidazole rings is 1. The predicted octanol–water partition coefficient (Wildman–Crippen LogP) is 3.46. The molecule has 1 amide bonds. The van der Waals surface area contributed by atoms with Crippen molar-refractivity contribution in [2.24, 2.45) is 0 Å². The fraction of sp³-hybridized carbons (Fsp3) is 0.333. The molecular formula is C21H22N6O2P2. The zero-order valence-corrected chi connectivity index (χ0v) is 19.0. The molecule has 0 aromatic carbocycles. The first-order valence-electron chi connectivity index (χ1n) is 10.4. The van der Waals surface area contributed by atoms with Gasteiger partial charge in [0.25, 0.3) is 5.91 Å². The summed E-state index contributed by atoms with van der Waals surface area (Å²) in [7, 11) is 5.60. The molecule has 1 aliphatic carbocycles. The number of aromatic nitrogens is 5. The van der Waals surface area contributed by atoms with Gasteiger partial charge in [-0.25, -0.2) is 14.5 Å². The Morgan fingerprint density at radius 2 is 2.16 bits per heavy atom. The highest BCUT2D eigenvalue weighted by atomic mass is 31.1. The first kappa shape index (κ1) is 19.1. The van der Waals surface area contributed by atoms with Crippen molar-refractivity contribution in [3.8, 4) is 0 Å². The number of carbonyl (C=O) groups is 1. The molecular weight excluding hydrogens is 430 g/mol. The third-order valence-electron chi connectivity index (χ3n) is 6.04. The zero-order valence-electron chi connectivity index (χ0n) is 16.7. The van der Waals surface area contributed by atoms with Gasteiger partial charge < -0.3 is 14.3 Å². The van der Waals surface area contributed by atoms with Gasteiger partial charge in [0.05, 0.1) is 29.4 Å². The monoisotopic (exact) mass is 452 g/mol. The van der Waals surface area contributed by atoms with E-state index in [0.29, 0.717) is 24.8 Å². The number of rotatable bonds is 4. The molecule has 1 aliphatic heterocycles. The van der Waals surface area contributed by atoms with Crippen LogP contribution in [0.2, 0.25) is 0 Å². The maximum atomic E-state index is 13.5. The van der Waals surface area contributed by atoms with Gasteiger partial charge in [0.15, 0.2) is 5.89 Å². The van der Waals surface area contributed by atoms with E-state index in [1.54, 1.807) is 17.4 Å². The Morgan fingerprint density at radius 3 is 2.97 bits per heavy atom. The summed E-state index contributed by atoms with van der Waals surface area (Å²) in [5.41, 5.74) is 4.82. The first-order chi connectivity index (χ1) is 15.1. The number of amides is 1. The smallest absolute Gasteiger partial charge is 0.292 e. The van der Waals surface area contributed by atoms with Crippen LogP contribution < -0.4 is 0 Å². The summed E-state index contributed by atoms with van der Waals surface area (Å²) in [6, 6.07) is 5.74. The van der Waals surface area contributed by atoms with Crippen LogP contribution >= 0.6 is 18.5 Å². The Balaban J connectivity index is 1.44. The van der Waals surface area contributed by atoms with Crippen molar-refractivity contribution in [3.63, 3.8) is 0 Å². The van der Waals surface area contributed by atoms with Crippen molar-refractivity contribution in [2.75, 3.05) is 6.54 Å². The summed E-state index contributed by atoms with van der Waals surface area (Å²) in [4.78, 5) is 27.4. The first-order valence-corrected chi connectivity index (χ1v) is 11.7. The van der Waals surface area contributed by atoms with E-state index < -0.39 is 6.04 Å². The van der Waals surface area contributed by atoms with Crippen molar-refractivity contribution in [1.29, 1.82) is 0 Å². The second kappa shape index (κ2) is 7.25. The minimum atomic E-state index is -0.391. The van der Waals surface area contributed by atoms with E-state index in [1.807, 2.05) is 16.8 Å². The second-order valence-electron chi connectivity index (χ2n) is 8.14. The van der Waals surface area contributed by atoms with E-state index in [2.05, 4.69) is 45.6 Å². The Labute approximate surface area is 183 Å². The average molecular weight is 452 g/mol. The van der Waals surface area contributed by atoms with Crippen molar-refractivity contribution in [2.45, 2.75) is 36.6 Å². The van der Waals surface area contributed by atoms with Crippen LogP contribution in [0.25, 0.3) is 5.52 Å². The average Bonchev–Trinajstić information content (AvgIpc) is 3.19. The Kier molecular flexibility index (Phi) is 4.48. The van der Waals surface area contributed by atoms with Crippen molar-refractivity contribution in [1.82, 2.24) is 29.5 Å². The highest BCUT2D eigenvalue weighted by Gasteiger charge is 2.38. The highest BCUT2D eigenvalue weighted by molar-refractivity contribution is 7.37. The fourth-order valence-electron chi connectivity index (χ4n) is 4.31. The molecule has 1 N–H and O–H groups in total. The molecule has 2 unspecified atom stereocenters. The predicted molar refractivity (Wildman–Crippen MR) is 121 cm³/mol. The molecule has 0 saturated heterocycles. The van der Waals surface area contributed by atoms with Gasteiger partial charge in [-0.1, -0.05) is 6.07 Å². The second-order valence-corrected chi connectivity index (χ2v) is 10.3. The van der Waals surface area contributed by atoms with Gasteiger partial charge in [-0.05, 0) is 30.5 Å². The molecule has 6 rings (SSSR count). The lowest BCUT2D eigenvalue weighted by atomic mass is 9.99. The summed E-state index contributed by atoms with van der Waals surface area (Å²) in [5.74, 6) is 1.14. The van der Waals surface area contributed by atoms with E-state index in [4.69, 9.17) is 9.52 Å². The van der Waals surface area contributed by atoms with E-state index in [-0.39, 0.29) is 17.1 Å². The molecule has 1 saturated carbocycles. The van der Waals surface area contributed by atoms with Crippen LogP contribution in [0, 0.1) is 0 Å². The van der Waals surface area contributed by atoms with E-state index in [9.17, 15) is 4.79 Å². The third kappa shape index (κ3) is 3.20.